The fraction of sp³-hybridized carbons (Fsp3) is 0.524. The van der Waals surface area contributed by atoms with Crippen LogP contribution in [0, 0.1) is 23.7 Å². The fourth-order valence-corrected chi connectivity index (χ4v) is 3.59. The average molecular weight is 368 g/mol. The molecule has 144 valence electrons. The summed E-state index contributed by atoms with van der Waals surface area (Å²) in [5.41, 5.74) is -0.709. The molecular formula is C21H27F3O2. The number of aliphatic hydroxyl groups is 1. The van der Waals surface area contributed by atoms with Gasteiger partial charge < -0.3 is 9.84 Å². The number of aliphatic hydroxyl groups excluding tert-OH is 1. The molecule has 2 rings (SSSR count). The van der Waals surface area contributed by atoms with Gasteiger partial charge in [0, 0.05) is 5.92 Å². The van der Waals surface area contributed by atoms with Crippen molar-refractivity contribution in [1.29, 1.82) is 0 Å². The fourth-order valence-electron chi connectivity index (χ4n) is 3.59. The van der Waals surface area contributed by atoms with E-state index in [-0.39, 0.29) is 29.6 Å². The Morgan fingerprint density at radius 2 is 2.12 bits per heavy atom. The topological polar surface area (TPSA) is 29.5 Å². The van der Waals surface area contributed by atoms with Crippen LogP contribution in [0.15, 0.2) is 49.1 Å². The summed E-state index contributed by atoms with van der Waals surface area (Å²) in [4.78, 5) is 0. The van der Waals surface area contributed by atoms with Gasteiger partial charge in [0.25, 0.3) is 0 Å². The highest BCUT2D eigenvalue weighted by molar-refractivity contribution is 5.30. The van der Waals surface area contributed by atoms with Gasteiger partial charge in [0.15, 0.2) is 0 Å². The third-order valence-corrected chi connectivity index (χ3v) is 5.03. The zero-order valence-electron chi connectivity index (χ0n) is 15.2. The summed E-state index contributed by atoms with van der Waals surface area (Å²) >= 11 is 0. The number of benzene rings is 1. The van der Waals surface area contributed by atoms with Gasteiger partial charge in [0.1, 0.15) is 5.75 Å². The van der Waals surface area contributed by atoms with Gasteiger partial charge in [-0.25, -0.2) is 0 Å². The van der Waals surface area contributed by atoms with Crippen molar-refractivity contribution in [2.45, 2.75) is 39.0 Å². The first-order valence-corrected chi connectivity index (χ1v) is 8.99. The molecule has 26 heavy (non-hydrogen) atoms. The third kappa shape index (κ3) is 5.37. The highest BCUT2D eigenvalue weighted by Crippen LogP contribution is 2.40. The molecule has 0 unspecified atom stereocenters. The molecule has 1 aromatic carbocycles. The van der Waals surface area contributed by atoms with Crippen molar-refractivity contribution in [3.63, 3.8) is 0 Å². The van der Waals surface area contributed by atoms with Crippen LogP contribution in [-0.4, -0.2) is 17.8 Å². The molecule has 0 amide bonds. The van der Waals surface area contributed by atoms with Crippen LogP contribution >= 0.6 is 0 Å². The normalized spacial score (nSPS) is 27.6. The van der Waals surface area contributed by atoms with Gasteiger partial charge in [-0.3, -0.25) is 0 Å². The molecule has 0 spiro atoms. The van der Waals surface area contributed by atoms with Crippen LogP contribution in [0.3, 0.4) is 0 Å². The molecule has 1 fully saturated rings. The van der Waals surface area contributed by atoms with Crippen LogP contribution in [0.5, 0.6) is 5.75 Å². The molecule has 1 aliphatic rings. The molecule has 0 heterocycles. The second kappa shape index (κ2) is 8.76. The first kappa shape index (κ1) is 20.6. The first-order valence-electron chi connectivity index (χ1n) is 8.99. The highest BCUT2D eigenvalue weighted by Gasteiger charge is 2.37. The van der Waals surface area contributed by atoms with E-state index in [2.05, 4.69) is 19.6 Å². The predicted octanol–water partition coefficient (Wildman–Crippen LogP) is 5.49. The maximum atomic E-state index is 12.7. The van der Waals surface area contributed by atoms with E-state index in [9.17, 15) is 18.3 Å². The lowest BCUT2D eigenvalue weighted by Crippen LogP contribution is -2.18. The quantitative estimate of drug-likeness (QED) is 0.645. The van der Waals surface area contributed by atoms with Crippen LogP contribution in [0.4, 0.5) is 13.2 Å². The van der Waals surface area contributed by atoms with Gasteiger partial charge in [-0.2, -0.15) is 13.2 Å². The SMILES string of the molecule is C=CC[C@@H]1[C@@H](/C=C/[C@@H](C)COc2cccc(C(F)(F)F)c2)[C@H](C)C[C@@H]1O. The molecule has 2 nitrogen and oxygen atoms in total. The monoisotopic (exact) mass is 368 g/mol. The number of ether oxygens (including phenoxy) is 1. The molecule has 1 aliphatic carbocycles. The second-order valence-electron chi connectivity index (χ2n) is 7.24. The zero-order chi connectivity index (χ0) is 19.3. The lowest BCUT2D eigenvalue weighted by molar-refractivity contribution is -0.137. The average Bonchev–Trinajstić information content (AvgIpc) is 2.84. The van der Waals surface area contributed by atoms with Crippen molar-refractivity contribution in [3.05, 3.63) is 54.6 Å². The predicted molar refractivity (Wildman–Crippen MR) is 96.8 cm³/mol. The molecule has 1 aromatic rings. The van der Waals surface area contributed by atoms with Crippen molar-refractivity contribution in [2.75, 3.05) is 6.61 Å². The van der Waals surface area contributed by atoms with Gasteiger partial charge in [-0.15, -0.1) is 6.58 Å². The minimum atomic E-state index is -4.37. The molecule has 1 N–H and O–H groups in total. The van der Waals surface area contributed by atoms with E-state index in [0.29, 0.717) is 12.5 Å². The molecule has 0 saturated heterocycles. The molecule has 1 saturated carbocycles. The van der Waals surface area contributed by atoms with Crippen molar-refractivity contribution < 1.29 is 23.0 Å². The summed E-state index contributed by atoms with van der Waals surface area (Å²) in [6, 6.07) is 4.93. The van der Waals surface area contributed by atoms with Crippen molar-refractivity contribution in [3.8, 4) is 5.75 Å². The molecule has 5 heteroatoms. The third-order valence-electron chi connectivity index (χ3n) is 5.03. The smallest absolute Gasteiger partial charge is 0.416 e. The molecule has 0 aliphatic heterocycles. The van der Waals surface area contributed by atoms with E-state index < -0.39 is 11.7 Å². The number of allylic oxidation sites excluding steroid dienone is 2. The van der Waals surface area contributed by atoms with Crippen molar-refractivity contribution >= 4 is 0 Å². The lowest BCUT2D eigenvalue weighted by atomic mass is 9.86. The van der Waals surface area contributed by atoms with Gasteiger partial charge in [0.05, 0.1) is 18.3 Å². The molecule has 5 atom stereocenters. The van der Waals surface area contributed by atoms with Crippen LogP contribution in [0.1, 0.15) is 32.3 Å². The van der Waals surface area contributed by atoms with E-state index in [1.54, 1.807) is 0 Å². The minimum absolute atomic E-state index is 0.0545. The van der Waals surface area contributed by atoms with Gasteiger partial charge >= 0.3 is 6.18 Å². The van der Waals surface area contributed by atoms with Crippen molar-refractivity contribution in [1.82, 2.24) is 0 Å². The maximum absolute atomic E-state index is 12.7. The molecule has 0 aromatic heterocycles. The Balaban J connectivity index is 1.93. The largest absolute Gasteiger partial charge is 0.493 e. The summed E-state index contributed by atoms with van der Waals surface area (Å²) in [6.07, 6.45) is 2.86. The Kier molecular flexibility index (Phi) is 6.93. The highest BCUT2D eigenvalue weighted by atomic mass is 19.4. The van der Waals surface area contributed by atoms with E-state index in [0.717, 1.165) is 25.0 Å². The van der Waals surface area contributed by atoms with E-state index in [1.165, 1.54) is 12.1 Å². The Labute approximate surface area is 153 Å². The first-order chi connectivity index (χ1) is 12.2. The molecule has 0 bridgehead atoms. The van der Waals surface area contributed by atoms with E-state index in [1.807, 2.05) is 19.1 Å². The lowest BCUT2D eigenvalue weighted by Gasteiger charge is -2.20. The standard InChI is InChI=1S/C21H27F3O2/c1-4-6-19-18(15(3)11-20(19)25)10-9-14(2)13-26-17-8-5-7-16(12-17)21(22,23)24/h4-5,7-10,12,14-15,18-20,25H,1,6,11,13H2,2-3H3/b10-9+/t14-,15-,18+,19-,20+/m1/s1. The van der Waals surface area contributed by atoms with E-state index >= 15 is 0 Å². The Hall–Kier alpha value is -1.75. The van der Waals surface area contributed by atoms with Crippen LogP contribution < -0.4 is 4.74 Å². The zero-order valence-corrected chi connectivity index (χ0v) is 15.2. The van der Waals surface area contributed by atoms with Crippen molar-refractivity contribution in [2.24, 2.45) is 23.7 Å². The number of halogens is 3. The molecule has 0 radical (unpaired) electrons. The summed E-state index contributed by atoms with van der Waals surface area (Å²) in [6.45, 7) is 8.16. The molecular weight excluding hydrogens is 341 g/mol. The van der Waals surface area contributed by atoms with Gasteiger partial charge in [-0.1, -0.05) is 38.1 Å². The van der Waals surface area contributed by atoms with Gasteiger partial charge in [-0.05, 0) is 48.8 Å². The number of hydrogen-bond acceptors (Lipinski definition) is 2. The second-order valence-corrected chi connectivity index (χ2v) is 7.24. The Bertz CT molecular complexity index is 624. The number of alkyl halides is 3. The Morgan fingerprint density at radius 1 is 1.38 bits per heavy atom. The summed E-state index contributed by atoms with van der Waals surface area (Å²) in [7, 11) is 0. The van der Waals surface area contributed by atoms with Gasteiger partial charge in [0.2, 0.25) is 0 Å². The summed E-state index contributed by atoms with van der Waals surface area (Å²) < 4.78 is 43.7. The van der Waals surface area contributed by atoms with Crippen LogP contribution in [-0.2, 0) is 6.18 Å². The number of rotatable bonds is 7. The Morgan fingerprint density at radius 3 is 2.77 bits per heavy atom. The van der Waals surface area contributed by atoms with E-state index in [4.69, 9.17) is 4.74 Å². The summed E-state index contributed by atoms with van der Waals surface area (Å²) in [5, 5.41) is 10.2. The maximum Gasteiger partial charge on any atom is 0.416 e. The van der Waals surface area contributed by atoms with Crippen LogP contribution in [0.25, 0.3) is 0 Å². The summed E-state index contributed by atoms with van der Waals surface area (Å²) in [5.74, 6) is 1.12. The number of hydrogen-bond donors (Lipinski definition) is 1. The minimum Gasteiger partial charge on any atom is -0.493 e. The van der Waals surface area contributed by atoms with Crippen LogP contribution in [0.2, 0.25) is 0 Å².